The molecule has 0 atom stereocenters. The minimum absolute atomic E-state index is 0.00293. The van der Waals surface area contributed by atoms with E-state index >= 15 is 0 Å². The van der Waals surface area contributed by atoms with E-state index in [0.717, 1.165) is 0 Å². The molecule has 0 radical (unpaired) electrons. The number of ether oxygens (including phenoxy) is 1. The summed E-state index contributed by atoms with van der Waals surface area (Å²) in [7, 11) is -2.35. The van der Waals surface area contributed by atoms with Crippen molar-refractivity contribution < 1.29 is 31.6 Å². The summed E-state index contributed by atoms with van der Waals surface area (Å²) in [6, 6.07) is 12.7. The van der Waals surface area contributed by atoms with Crippen molar-refractivity contribution in [1.29, 1.82) is 5.26 Å². The predicted molar refractivity (Wildman–Crippen MR) is 133 cm³/mol. The first kappa shape index (κ1) is 30.7. The fourth-order valence-corrected chi connectivity index (χ4v) is 4.10. The molecule has 0 aliphatic rings. The normalized spacial score (nSPS) is 12.0. The zero-order valence-electron chi connectivity index (χ0n) is 19.6. The van der Waals surface area contributed by atoms with E-state index in [1.165, 1.54) is 48.5 Å². The highest BCUT2D eigenvalue weighted by atomic mass is 35.7. The number of nitrogens with zero attached hydrogens (tertiary/aromatic N) is 2. The number of carbonyl (C=O) groups excluding carboxylic acids is 1. The minimum Gasteiger partial charge on any atom is -0.444 e. The van der Waals surface area contributed by atoms with Crippen LogP contribution in [0.3, 0.4) is 0 Å². The van der Waals surface area contributed by atoms with E-state index < -0.39 is 30.8 Å². The molecule has 196 valence electrons. The van der Waals surface area contributed by atoms with Crippen LogP contribution in [-0.4, -0.2) is 52.7 Å². The molecule has 0 unspecified atom stereocenters. The third kappa shape index (κ3) is 10.9. The average Bonchev–Trinajstić information content (AvgIpc) is 2.80. The second-order valence-electron chi connectivity index (χ2n) is 7.91. The molecule has 0 heterocycles. The van der Waals surface area contributed by atoms with Crippen LogP contribution in [0.5, 0.6) is 0 Å². The van der Waals surface area contributed by atoms with Crippen LogP contribution in [0.2, 0.25) is 0 Å². The van der Waals surface area contributed by atoms with Gasteiger partial charge in [0.1, 0.15) is 5.60 Å². The van der Waals surface area contributed by atoms with Crippen molar-refractivity contribution in [2.75, 3.05) is 13.1 Å². The van der Waals surface area contributed by atoms with Crippen LogP contribution in [0.15, 0.2) is 63.5 Å². The van der Waals surface area contributed by atoms with Gasteiger partial charge in [0.15, 0.2) is 5.84 Å². The first-order valence-electron chi connectivity index (χ1n) is 10.1. The number of sulfonamides is 1. The fourth-order valence-electron chi connectivity index (χ4n) is 2.30. The third-order valence-electron chi connectivity index (χ3n) is 3.92. The molecule has 0 saturated heterocycles. The number of nitrogens with two attached hydrogens (primary N) is 1. The standard InChI is InChI=1S/C14H22N4O5S.C7H4ClNO2S/c1-14(2,3)23-13(19)16-8-9-17-24(21,22)11-6-4-10(5-7-11)12(15)18-20;8-12(10,11)7-3-1-6(5-9)2-4-7/h4-7,17,20H,8-9H2,1-3H3,(H2,15,18)(H,16,19);1-4H. The quantitative estimate of drug-likeness (QED) is 0.0977. The predicted octanol–water partition coefficient (Wildman–Crippen LogP) is 2.07. The Morgan fingerprint density at radius 2 is 1.58 bits per heavy atom. The summed E-state index contributed by atoms with van der Waals surface area (Å²) in [5, 5.41) is 22.2. The number of oxime groups is 1. The molecule has 15 heteroatoms. The number of halogens is 1. The van der Waals surface area contributed by atoms with Gasteiger partial charge in [-0.05, 0) is 69.3 Å². The summed E-state index contributed by atoms with van der Waals surface area (Å²) >= 11 is 0. The summed E-state index contributed by atoms with van der Waals surface area (Å²) < 4.78 is 53.0. The van der Waals surface area contributed by atoms with Crippen LogP contribution < -0.4 is 15.8 Å². The zero-order valence-corrected chi connectivity index (χ0v) is 22.0. The molecule has 36 heavy (non-hydrogen) atoms. The van der Waals surface area contributed by atoms with E-state index in [4.69, 9.17) is 31.6 Å². The van der Waals surface area contributed by atoms with Crippen molar-refractivity contribution in [2.45, 2.75) is 36.2 Å². The van der Waals surface area contributed by atoms with Gasteiger partial charge in [-0.2, -0.15) is 5.26 Å². The molecule has 0 bridgehead atoms. The Morgan fingerprint density at radius 3 is 2.03 bits per heavy atom. The van der Waals surface area contributed by atoms with E-state index in [2.05, 4.69) is 15.2 Å². The van der Waals surface area contributed by atoms with Crippen molar-refractivity contribution >= 4 is 41.7 Å². The second-order valence-corrected chi connectivity index (χ2v) is 12.2. The molecule has 5 N–H and O–H groups in total. The highest BCUT2D eigenvalue weighted by Crippen LogP contribution is 2.14. The third-order valence-corrected chi connectivity index (χ3v) is 6.77. The van der Waals surface area contributed by atoms with Gasteiger partial charge in [0.25, 0.3) is 9.05 Å². The summed E-state index contributed by atoms with van der Waals surface area (Å²) in [5.74, 6) is -0.117. The largest absolute Gasteiger partial charge is 0.444 e. The van der Waals surface area contributed by atoms with Crippen LogP contribution in [-0.2, 0) is 23.8 Å². The van der Waals surface area contributed by atoms with Gasteiger partial charge >= 0.3 is 6.09 Å². The molecule has 0 spiro atoms. The van der Waals surface area contributed by atoms with Gasteiger partial charge in [-0.1, -0.05) is 5.16 Å². The summed E-state index contributed by atoms with van der Waals surface area (Å²) in [6.45, 7) is 5.27. The summed E-state index contributed by atoms with van der Waals surface area (Å²) in [5.41, 5.74) is 5.58. The highest BCUT2D eigenvalue weighted by Gasteiger charge is 2.17. The molecular weight excluding hydrogens is 534 g/mol. The number of amidine groups is 1. The van der Waals surface area contributed by atoms with Gasteiger partial charge in [0.05, 0.1) is 21.4 Å². The zero-order chi connectivity index (χ0) is 27.6. The van der Waals surface area contributed by atoms with E-state index in [-0.39, 0.29) is 28.7 Å². The fraction of sp³-hybridized carbons (Fsp3) is 0.286. The van der Waals surface area contributed by atoms with Gasteiger partial charge in [-0.3, -0.25) is 0 Å². The van der Waals surface area contributed by atoms with E-state index in [1.807, 2.05) is 6.07 Å². The second kappa shape index (κ2) is 13.1. The van der Waals surface area contributed by atoms with Crippen LogP contribution in [0, 0.1) is 11.3 Å². The molecule has 0 fully saturated rings. The van der Waals surface area contributed by atoms with Crippen molar-refractivity contribution in [3.05, 3.63) is 59.7 Å². The van der Waals surface area contributed by atoms with Crippen LogP contribution in [0.25, 0.3) is 0 Å². The van der Waals surface area contributed by atoms with Crippen molar-refractivity contribution in [3.8, 4) is 6.07 Å². The SMILES string of the molecule is CC(C)(C)OC(=O)NCCNS(=O)(=O)c1ccc(C(N)=NO)cc1.N#Cc1ccc(S(=O)(=O)Cl)cc1. The first-order chi connectivity index (χ1) is 16.6. The first-order valence-corrected chi connectivity index (χ1v) is 13.9. The van der Waals surface area contributed by atoms with Crippen LogP contribution in [0.1, 0.15) is 31.9 Å². The van der Waals surface area contributed by atoms with Gasteiger partial charge < -0.3 is 21.0 Å². The minimum atomic E-state index is -3.73. The number of hydrogen-bond donors (Lipinski definition) is 4. The molecule has 12 nitrogen and oxygen atoms in total. The lowest BCUT2D eigenvalue weighted by Crippen LogP contribution is -2.37. The Bertz CT molecular complexity index is 1310. The van der Waals surface area contributed by atoms with Crippen LogP contribution >= 0.6 is 10.7 Å². The van der Waals surface area contributed by atoms with Gasteiger partial charge in [0.2, 0.25) is 10.0 Å². The molecule has 0 aliphatic heterocycles. The molecule has 1 amide bonds. The van der Waals surface area contributed by atoms with E-state index in [1.54, 1.807) is 20.8 Å². The van der Waals surface area contributed by atoms with Crippen LogP contribution in [0.4, 0.5) is 4.79 Å². The molecule has 0 aromatic heterocycles. The monoisotopic (exact) mass is 559 g/mol. The summed E-state index contributed by atoms with van der Waals surface area (Å²) in [4.78, 5) is 11.5. The maximum atomic E-state index is 12.1. The Balaban J connectivity index is 0.000000450. The number of benzene rings is 2. The lowest BCUT2D eigenvalue weighted by atomic mass is 10.2. The molecule has 2 aromatic carbocycles. The average molecular weight is 560 g/mol. The van der Waals surface area contributed by atoms with E-state index in [0.29, 0.717) is 11.1 Å². The maximum Gasteiger partial charge on any atom is 0.407 e. The Kier molecular flexibility index (Phi) is 11.1. The van der Waals surface area contributed by atoms with E-state index in [9.17, 15) is 21.6 Å². The Morgan fingerprint density at radius 1 is 1.06 bits per heavy atom. The molecule has 2 rings (SSSR count). The lowest BCUT2D eigenvalue weighted by molar-refractivity contribution is 0.0529. The van der Waals surface area contributed by atoms with Crippen molar-refractivity contribution in [1.82, 2.24) is 10.0 Å². The van der Waals surface area contributed by atoms with Crippen molar-refractivity contribution in [3.63, 3.8) is 0 Å². The number of carbonyl (C=O) groups is 1. The number of alkyl carbamates (subject to hydrolysis) is 1. The maximum absolute atomic E-state index is 12.1. The molecular formula is C21H26ClN5O7S2. The lowest BCUT2D eigenvalue weighted by Gasteiger charge is -2.19. The Hall–Kier alpha value is -3.38. The number of nitriles is 1. The number of nitrogens with one attached hydrogen (secondary N) is 2. The molecule has 2 aromatic rings. The number of amides is 1. The Labute approximate surface area is 214 Å². The summed E-state index contributed by atoms with van der Waals surface area (Å²) in [6.07, 6.45) is -0.621. The molecule has 0 saturated carbocycles. The van der Waals surface area contributed by atoms with Gasteiger partial charge in [-0.15, -0.1) is 0 Å². The molecule has 0 aliphatic carbocycles. The smallest absolute Gasteiger partial charge is 0.407 e. The van der Waals surface area contributed by atoms with Gasteiger partial charge in [0, 0.05) is 29.3 Å². The number of rotatable bonds is 7. The highest BCUT2D eigenvalue weighted by molar-refractivity contribution is 8.13. The topological polar surface area (TPSA) is 201 Å². The van der Waals surface area contributed by atoms with Gasteiger partial charge in [-0.25, -0.2) is 26.4 Å². The number of hydrogen-bond acceptors (Lipinski definition) is 9. The van der Waals surface area contributed by atoms with Crippen molar-refractivity contribution in [2.24, 2.45) is 10.9 Å².